The number of carbonyl (C=O) groups excluding carboxylic acids is 1. The van der Waals surface area contributed by atoms with Crippen LogP contribution in [0.2, 0.25) is 0 Å². The van der Waals surface area contributed by atoms with Gasteiger partial charge in [-0.1, -0.05) is 20.8 Å². The summed E-state index contributed by atoms with van der Waals surface area (Å²) in [6, 6.07) is 0.333. The van der Waals surface area contributed by atoms with Crippen LogP contribution in [0.4, 0.5) is 0 Å². The second-order valence-electron chi connectivity index (χ2n) is 4.81. The number of rotatable bonds is 4. The van der Waals surface area contributed by atoms with E-state index in [9.17, 15) is 4.79 Å². The molecule has 1 amide bonds. The van der Waals surface area contributed by atoms with Crippen LogP contribution in [0, 0.1) is 11.8 Å². The molecule has 2 atom stereocenters. The molecule has 0 aliphatic carbocycles. The maximum Gasteiger partial charge on any atom is 0.224 e. The minimum atomic E-state index is 0.187. The summed E-state index contributed by atoms with van der Waals surface area (Å²) in [7, 11) is 0. The molecule has 1 heterocycles. The maximum absolute atomic E-state index is 11.9. The van der Waals surface area contributed by atoms with Crippen molar-refractivity contribution in [1.82, 2.24) is 10.6 Å². The van der Waals surface area contributed by atoms with Gasteiger partial charge in [0.25, 0.3) is 0 Å². The zero-order chi connectivity index (χ0) is 11.3. The molecule has 2 unspecified atom stereocenters. The monoisotopic (exact) mass is 212 g/mol. The Bertz CT molecular complexity index is 198. The summed E-state index contributed by atoms with van der Waals surface area (Å²) in [5, 5.41) is 6.43. The molecular weight excluding hydrogens is 188 g/mol. The highest BCUT2D eigenvalue weighted by molar-refractivity contribution is 5.79. The van der Waals surface area contributed by atoms with Crippen LogP contribution in [0.3, 0.4) is 0 Å². The van der Waals surface area contributed by atoms with Crippen LogP contribution in [0.5, 0.6) is 0 Å². The summed E-state index contributed by atoms with van der Waals surface area (Å²) in [4.78, 5) is 11.9. The molecule has 0 aromatic carbocycles. The third-order valence-electron chi connectivity index (χ3n) is 3.24. The Balaban J connectivity index is 2.38. The van der Waals surface area contributed by atoms with Gasteiger partial charge < -0.3 is 10.6 Å². The first-order valence-corrected chi connectivity index (χ1v) is 6.16. The number of hydrogen-bond acceptors (Lipinski definition) is 2. The zero-order valence-corrected chi connectivity index (χ0v) is 10.2. The summed E-state index contributed by atoms with van der Waals surface area (Å²) in [5.74, 6) is 0.949. The maximum atomic E-state index is 11.9. The quantitative estimate of drug-likeness (QED) is 0.742. The normalized spacial score (nSPS) is 23.9. The average Bonchev–Trinajstić information content (AvgIpc) is 2.26. The topological polar surface area (TPSA) is 41.1 Å². The first kappa shape index (κ1) is 12.5. The van der Waals surface area contributed by atoms with Crippen LogP contribution in [-0.2, 0) is 4.79 Å². The Morgan fingerprint density at radius 2 is 2.27 bits per heavy atom. The van der Waals surface area contributed by atoms with Gasteiger partial charge in [0.1, 0.15) is 0 Å². The van der Waals surface area contributed by atoms with E-state index in [0.29, 0.717) is 12.0 Å². The van der Waals surface area contributed by atoms with Crippen LogP contribution >= 0.6 is 0 Å². The van der Waals surface area contributed by atoms with Gasteiger partial charge in [-0.25, -0.2) is 0 Å². The molecule has 88 valence electrons. The Labute approximate surface area is 93.0 Å². The molecule has 0 spiro atoms. The summed E-state index contributed by atoms with van der Waals surface area (Å²) in [6.45, 7) is 8.36. The lowest BCUT2D eigenvalue weighted by Crippen LogP contribution is -2.45. The molecule has 15 heavy (non-hydrogen) atoms. The fourth-order valence-corrected chi connectivity index (χ4v) is 2.12. The molecule has 0 bridgehead atoms. The van der Waals surface area contributed by atoms with E-state index in [0.717, 1.165) is 32.4 Å². The predicted molar refractivity (Wildman–Crippen MR) is 62.7 cm³/mol. The number of nitrogens with one attached hydrogen (secondary N) is 2. The standard InChI is InChI=1S/C12H24N2O/c1-4-11(9(2)3)14-12(15)10-6-5-7-13-8-10/h9-11,13H,4-8H2,1-3H3,(H,14,15). The van der Waals surface area contributed by atoms with Crippen molar-refractivity contribution in [2.24, 2.45) is 11.8 Å². The minimum absolute atomic E-state index is 0.187. The van der Waals surface area contributed by atoms with Crippen molar-refractivity contribution in [3.8, 4) is 0 Å². The molecule has 0 aromatic rings. The Morgan fingerprint density at radius 3 is 2.73 bits per heavy atom. The summed E-state index contributed by atoms with van der Waals surface area (Å²) >= 11 is 0. The highest BCUT2D eigenvalue weighted by Gasteiger charge is 2.23. The van der Waals surface area contributed by atoms with Gasteiger partial charge in [-0.3, -0.25) is 4.79 Å². The Hall–Kier alpha value is -0.570. The summed E-state index contributed by atoms with van der Waals surface area (Å²) in [5.41, 5.74) is 0. The second kappa shape index (κ2) is 6.11. The lowest BCUT2D eigenvalue weighted by molar-refractivity contribution is -0.126. The predicted octanol–water partition coefficient (Wildman–Crippen LogP) is 1.54. The molecule has 1 rings (SSSR count). The molecule has 1 saturated heterocycles. The van der Waals surface area contributed by atoms with Gasteiger partial charge in [-0.15, -0.1) is 0 Å². The highest BCUT2D eigenvalue weighted by Crippen LogP contribution is 2.12. The molecule has 1 aliphatic rings. The van der Waals surface area contributed by atoms with Crippen molar-refractivity contribution in [3.63, 3.8) is 0 Å². The van der Waals surface area contributed by atoms with E-state index in [1.807, 2.05) is 0 Å². The van der Waals surface area contributed by atoms with Gasteiger partial charge in [-0.2, -0.15) is 0 Å². The van der Waals surface area contributed by atoms with E-state index in [1.54, 1.807) is 0 Å². The van der Waals surface area contributed by atoms with Crippen molar-refractivity contribution in [3.05, 3.63) is 0 Å². The Morgan fingerprint density at radius 1 is 1.53 bits per heavy atom. The van der Waals surface area contributed by atoms with E-state index >= 15 is 0 Å². The highest BCUT2D eigenvalue weighted by atomic mass is 16.2. The van der Waals surface area contributed by atoms with Gasteiger partial charge in [0.05, 0.1) is 5.92 Å². The van der Waals surface area contributed by atoms with Gasteiger partial charge in [-0.05, 0) is 31.7 Å². The van der Waals surface area contributed by atoms with Crippen LogP contribution in [0.15, 0.2) is 0 Å². The summed E-state index contributed by atoms with van der Waals surface area (Å²) in [6.07, 6.45) is 3.17. The van der Waals surface area contributed by atoms with Gasteiger partial charge >= 0.3 is 0 Å². The Kier molecular flexibility index (Phi) is 5.09. The average molecular weight is 212 g/mol. The molecule has 0 radical (unpaired) electrons. The van der Waals surface area contributed by atoms with Crippen molar-refractivity contribution < 1.29 is 4.79 Å². The van der Waals surface area contributed by atoms with Crippen LogP contribution in [0.1, 0.15) is 40.0 Å². The SMILES string of the molecule is CCC(NC(=O)C1CCCNC1)C(C)C. The number of hydrogen-bond donors (Lipinski definition) is 2. The smallest absolute Gasteiger partial charge is 0.224 e. The molecule has 2 N–H and O–H groups in total. The van der Waals surface area contributed by atoms with Crippen LogP contribution in [0.25, 0.3) is 0 Å². The number of carbonyl (C=O) groups is 1. The van der Waals surface area contributed by atoms with Gasteiger partial charge in [0.15, 0.2) is 0 Å². The molecule has 0 aromatic heterocycles. The van der Waals surface area contributed by atoms with Crippen molar-refractivity contribution in [1.29, 1.82) is 0 Å². The first-order valence-electron chi connectivity index (χ1n) is 6.16. The second-order valence-corrected chi connectivity index (χ2v) is 4.81. The van der Waals surface area contributed by atoms with Gasteiger partial charge in [0.2, 0.25) is 5.91 Å². The van der Waals surface area contributed by atoms with E-state index in [2.05, 4.69) is 31.4 Å². The molecule has 1 aliphatic heterocycles. The fraction of sp³-hybridized carbons (Fsp3) is 0.917. The van der Waals surface area contributed by atoms with Crippen LogP contribution < -0.4 is 10.6 Å². The van der Waals surface area contributed by atoms with E-state index < -0.39 is 0 Å². The molecule has 3 heteroatoms. The third-order valence-corrected chi connectivity index (χ3v) is 3.24. The van der Waals surface area contributed by atoms with Crippen molar-refractivity contribution in [2.45, 2.75) is 46.1 Å². The lowest BCUT2D eigenvalue weighted by atomic mass is 9.96. The lowest BCUT2D eigenvalue weighted by Gasteiger charge is -2.26. The number of piperidine rings is 1. The van der Waals surface area contributed by atoms with Crippen LogP contribution in [-0.4, -0.2) is 25.0 Å². The molecule has 1 fully saturated rings. The van der Waals surface area contributed by atoms with Crippen molar-refractivity contribution in [2.75, 3.05) is 13.1 Å². The molecule has 0 saturated carbocycles. The molecule has 3 nitrogen and oxygen atoms in total. The largest absolute Gasteiger partial charge is 0.353 e. The minimum Gasteiger partial charge on any atom is -0.353 e. The fourth-order valence-electron chi connectivity index (χ4n) is 2.12. The number of amides is 1. The summed E-state index contributed by atoms with van der Waals surface area (Å²) < 4.78 is 0. The van der Waals surface area contributed by atoms with E-state index in [-0.39, 0.29) is 11.8 Å². The third kappa shape index (κ3) is 3.82. The molecular formula is C12H24N2O. The van der Waals surface area contributed by atoms with E-state index in [4.69, 9.17) is 0 Å². The first-order chi connectivity index (χ1) is 7.15. The van der Waals surface area contributed by atoms with E-state index in [1.165, 1.54) is 0 Å². The zero-order valence-electron chi connectivity index (χ0n) is 10.2. The van der Waals surface area contributed by atoms with Gasteiger partial charge in [0, 0.05) is 12.6 Å². The van der Waals surface area contributed by atoms with Crippen molar-refractivity contribution >= 4 is 5.91 Å².